The lowest BCUT2D eigenvalue weighted by atomic mass is 10.0. The van der Waals surface area contributed by atoms with Crippen LogP contribution in [0.2, 0.25) is 0 Å². The van der Waals surface area contributed by atoms with Gasteiger partial charge in [0.1, 0.15) is 12.1 Å². The van der Waals surface area contributed by atoms with Crippen LogP contribution < -0.4 is 10.6 Å². The maximum Gasteiger partial charge on any atom is 0.328 e. The van der Waals surface area contributed by atoms with Gasteiger partial charge in [-0.1, -0.05) is 42.5 Å². The van der Waals surface area contributed by atoms with Crippen LogP contribution in [-0.2, 0) is 25.5 Å². The molecular formula is C19H20N2O4. The van der Waals surface area contributed by atoms with Crippen LogP contribution in [0.5, 0.6) is 0 Å². The Morgan fingerprint density at radius 3 is 2.68 bits per heavy atom. The Kier molecular flexibility index (Phi) is 4.97. The fourth-order valence-electron chi connectivity index (χ4n) is 3.02. The number of benzene rings is 2. The third kappa shape index (κ3) is 3.96. The van der Waals surface area contributed by atoms with Crippen LogP contribution in [0.15, 0.2) is 42.5 Å². The average Bonchev–Trinajstić information content (AvgIpc) is 3.07. The summed E-state index contributed by atoms with van der Waals surface area (Å²) in [5, 5.41) is 7.48. The summed E-state index contributed by atoms with van der Waals surface area (Å²) in [7, 11) is 1.29. The van der Waals surface area contributed by atoms with Crippen LogP contribution in [-0.4, -0.2) is 37.0 Å². The number of hydrogen-bond acceptors (Lipinski definition) is 4. The lowest BCUT2D eigenvalue weighted by Crippen LogP contribution is -2.49. The summed E-state index contributed by atoms with van der Waals surface area (Å²) < 4.78 is 4.82. The number of esters is 1. The molecule has 1 heterocycles. The molecule has 2 N–H and O–H groups in total. The third-order valence-electron chi connectivity index (χ3n) is 4.37. The Hall–Kier alpha value is -2.89. The minimum atomic E-state index is -0.795. The lowest BCUT2D eigenvalue weighted by molar-refractivity contribution is -0.145. The van der Waals surface area contributed by atoms with E-state index in [0.29, 0.717) is 19.3 Å². The molecule has 6 nitrogen and oxygen atoms in total. The molecule has 1 aliphatic heterocycles. The zero-order chi connectivity index (χ0) is 17.8. The lowest BCUT2D eigenvalue weighted by Gasteiger charge is -2.19. The van der Waals surface area contributed by atoms with E-state index in [1.54, 1.807) is 0 Å². The van der Waals surface area contributed by atoms with E-state index in [9.17, 15) is 14.4 Å². The Bertz CT molecular complexity index is 818. The molecule has 2 aromatic carbocycles. The van der Waals surface area contributed by atoms with Crippen molar-refractivity contribution in [2.75, 3.05) is 7.11 Å². The molecule has 25 heavy (non-hydrogen) atoms. The summed E-state index contributed by atoms with van der Waals surface area (Å²) in [6, 6.07) is 12.5. The Morgan fingerprint density at radius 2 is 2.00 bits per heavy atom. The first-order valence-corrected chi connectivity index (χ1v) is 8.22. The van der Waals surface area contributed by atoms with Gasteiger partial charge >= 0.3 is 5.97 Å². The van der Waals surface area contributed by atoms with Crippen LogP contribution in [0.25, 0.3) is 10.8 Å². The summed E-state index contributed by atoms with van der Waals surface area (Å²) >= 11 is 0. The summed E-state index contributed by atoms with van der Waals surface area (Å²) in [4.78, 5) is 35.6. The predicted molar refractivity (Wildman–Crippen MR) is 92.8 cm³/mol. The molecule has 2 amide bonds. The van der Waals surface area contributed by atoms with Crippen molar-refractivity contribution in [2.45, 2.75) is 31.3 Å². The molecule has 1 saturated heterocycles. The number of ether oxygens (including phenoxy) is 1. The molecular weight excluding hydrogens is 320 g/mol. The molecule has 130 valence electrons. The molecule has 0 unspecified atom stereocenters. The van der Waals surface area contributed by atoms with E-state index in [1.807, 2.05) is 42.5 Å². The van der Waals surface area contributed by atoms with E-state index >= 15 is 0 Å². The minimum absolute atomic E-state index is 0.149. The molecule has 0 radical (unpaired) electrons. The van der Waals surface area contributed by atoms with Crippen molar-refractivity contribution in [3.8, 4) is 0 Å². The monoisotopic (exact) mass is 340 g/mol. The molecule has 1 aliphatic rings. The zero-order valence-electron chi connectivity index (χ0n) is 14.0. The molecule has 0 bridgehead atoms. The average molecular weight is 340 g/mol. The molecule has 2 atom stereocenters. The molecule has 0 aromatic heterocycles. The number of hydrogen-bond donors (Lipinski definition) is 2. The van der Waals surface area contributed by atoms with Crippen molar-refractivity contribution in [3.05, 3.63) is 48.0 Å². The number of rotatable bonds is 5. The largest absolute Gasteiger partial charge is 0.467 e. The van der Waals surface area contributed by atoms with Crippen LogP contribution >= 0.6 is 0 Å². The van der Waals surface area contributed by atoms with Gasteiger partial charge in [-0.3, -0.25) is 9.59 Å². The normalized spacial score (nSPS) is 17.8. The van der Waals surface area contributed by atoms with Gasteiger partial charge in [0, 0.05) is 12.8 Å². The number of nitrogens with one attached hydrogen (secondary N) is 2. The van der Waals surface area contributed by atoms with E-state index in [1.165, 1.54) is 7.11 Å². The van der Waals surface area contributed by atoms with Gasteiger partial charge in [0.15, 0.2) is 0 Å². The van der Waals surface area contributed by atoms with Gasteiger partial charge in [0.2, 0.25) is 11.8 Å². The van der Waals surface area contributed by atoms with Gasteiger partial charge in [-0.15, -0.1) is 0 Å². The standard InChI is InChI=1S/C19H20N2O4/c1-25-19(24)16(21-18(23)15-8-9-17(22)20-15)11-12-6-7-13-4-2-3-5-14(13)10-12/h2-7,10,15-16H,8-9,11H2,1H3,(H,20,22)(H,21,23)/t15-,16-/m1/s1. The van der Waals surface area contributed by atoms with Crippen molar-refractivity contribution in [2.24, 2.45) is 0 Å². The summed E-state index contributed by atoms with van der Waals surface area (Å²) in [6.45, 7) is 0. The van der Waals surface area contributed by atoms with Crippen LogP contribution in [0.3, 0.4) is 0 Å². The molecule has 0 aliphatic carbocycles. The fraction of sp³-hybridized carbons (Fsp3) is 0.316. The number of methoxy groups -OCH3 is 1. The molecule has 0 spiro atoms. The second-order valence-electron chi connectivity index (χ2n) is 6.13. The Labute approximate surface area is 145 Å². The number of fused-ring (bicyclic) bond motifs is 1. The van der Waals surface area contributed by atoms with Crippen molar-refractivity contribution in [1.29, 1.82) is 0 Å². The highest BCUT2D eigenvalue weighted by atomic mass is 16.5. The van der Waals surface area contributed by atoms with Gasteiger partial charge in [-0.2, -0.15) is 0 Å². The van der Waals surface area contributed by atoms with Crippen LogP contribution in [0, 0.1) is 0 Å². The SMILES string of the molecule is COC(=O)[C@@H](Cc1ccc2ccccc2c1)NC(=O)[C@H]1CCC(=O)N1. The third-order valence-corrected chi connectivity index (χ3v) is 4.37. The van der Waals surface area contributed by atoms with E-state index in [4.69, 9.17) is 4.74 Å². The van der Waals surface area contributed by atoms with Crippen LogP contribution in [0.1, 0.15) is 18.4 Å². The van der Waals surface area contributed by atoms with Gasteiger partial charge in [0.25, 0.3) is 0 Å². The van der Waals surface area contributed by atoms with Crippen molar-refractivity contribution in [3.63, 3.8) is 0 Å². The first-order valence-electron chi connectivity index (χ1n) is 8.22. The summed E-state index contributed by atoms with van der Waals surface area (Å²) in [5.41, 5.74) is 0.921. The Balaban J connectivity index is 1.74. The first-order chi connectivity index (χ1) is 12.1. The number of carbonyl (C=O) groups is 3. The first kappa shape index (κ1) is 17.0. The minimum Gasteiger partial charge on any atom is -0.467 e. The highest BCUT2D eigenvalue weighted by Gasteiger charge is 2.30. The zero-order valence-corrected chi connectivity index (χ0v) is 14.0. The van der Waals surface area contributed by atoms with E-state index < -0.39 is 18.1 Å². The van der Waals surface area contributed by atoms with Crippen molar-refractivity contribution >= 4 is 28.6 Å². The van der Waals surface area contributed by atoms with Gasteiger partial charge in [0.05, 0.1) is 7.11 Å². The van der Waals surface area contributed by atoms with Gasteiger partial charge in [-0.05, 0) is 22.8 Å². The van der Waals surface area contributed by atoms with E-state index in [-0.39, 0.29) is 11.8 Å². The maximum absolute atomic E-state index is 12.3. The van der Waals surface area contributed by atoms with Gasteiger partial charge in [-0.25, -0.2) is 4.79 Å². The maximum atomic E-state index is 12.3. The molecule has 1 fully saturated rings. The van der Waals surface area contributed by atoms with Crippen molar-refractivity contribution in [1.82, 2.24) is 10.6 Å². The highest BCUT2D eigenvalue weighted by molar-refractivity contribution is 5.93. The Morgan fingerprint density at radius 1 is 1.24 bits per heavy atom. The van der Waals surface area contributed by atoms with Crippen molar-refractivity contribution < 1.29 is 19.1 Å². The molecule has 3 rings (SSSR count). The van der Waals surface area contributed by atoms with Gasteiger partial charge < -0.3 is 15.4 Å². The quantitative estimate of drug-likeness (QED) is 0.804. The van der Waals surface area contributed by atoms with Crippen LogP contribution in [0.4, 0.5) is 0 Å². The summed E-state index contributed by atoms with van der Waals surface area (Å²) in [5.74, 6) is -1.02. The number of carbonyl (C=O) groups excluding carboxylic acids is 3. The highest BCUT2D eigenvalue weighted by Crippen LogP contribution is 2.17. The molecule has 0 saturated carbocycles. The second kappa shape index (κ2) is 7.34. The predicted octanol–water partition coefficient (Wildman–Crippen LogP) is 1.32. The number of amides is 2. The molecule has 2 aromatic rings. The topological polar surface area (TPSA) is 84.5 Å². The smallest absolute Gasteiger partial charge is 0.328 e. The van der Waals surface area contributed by atoms with E-state index in [2.05, 4.69) is 10.6 Å². The van der Waals surface area contributed by atoms with E-state index in [0.717, 1.165) is 16.3 Å². The molecule has 6 heteroatoms. The fourth-order valence-corrected chi connectivity index (χ4v) is 3.02. The summed E-state index contributed by atoms with van der Waals surface area (Å²) in [6.07, 6.45) is 1.09. The second-order valence-corrected chi connectivity index (χ2v) is 6.13.